The summed E-state index contributed by atoms with van der Waals surface area (Å²) in [6, 6.07) is 0.302. The van der Waals surface area contributed by atoms with Crippen LogP contribution in [0, 0.1) is 6.92 Å². The maximum Gasteiger partial charge on any atom is 0.243 e. The highest BCUT2D eigenvalue weighted by Crippen LogP contribution is 2.20. The van der Waals surface area contributed by atoms with Crippen LogP contribution < -0.4 is 5.32 Å². The summed E-state index contributed by atoms with van der Waals surface area (Å²) in [6.45, 7) is 6.90. The molecule has 1 aliphatic heterocycles. The molecule has 0 radical (unpaired) electrons. The highest BCUT2D eigenvalue weighted by atomic mass is 16.5. The highest BCUT2D eigenvalue weighted by Gasteiger charge is 2.21. The van der Waals surface area contributed by atoms with Gasteiger partial charge in [-0.2, -0.15) is 4.98 Å². The molecule has 1 N–H and O–H groups in total. The number of aryl methyl sites for hydroxylation is 1. The van der Waals surface area contributed by atoms with Gasteiger partial charge in [-0.1, -0.05) is 19.0 Å². The van der Waals surface area contributed by atoms with Crippen molar-refractivity contribution in [2.24, 2.45) is 0 Å². The summed E-state index contributed by atoms with van der Waals surface area (Å²) in [7, 11) is 0. The smallest absolute Gasteiger partial charge is 0.243 e. The Morgan fingerprint density at radius 2 is 2.23 bits per heavy atom. The average Bonchev–Trinajstić information content (AvgIpc) is 2.77. The minimum atomic E-state index is 0.302. The van der Waals surface area contributed by atoms with E-state index in [2.05, 4.69) is 15.5 Å². The van der Waals surface area contributed by atoms with E-state index in [1.165, 1.54) is 6.42 Å². The van der Waals surface area contributed by atoms with E-state index < -0.39 is 0 Å². The molecule has 4 nitrogen and oxygen atoms in total. The van der Waals surface area contributed by atoms with Gasteiger partial charge in [0.25, 0.3) is 0 Å². The van der Waals surface area contributed by atoms with Crippen LogP contribution >= 0.6 is 0 Å². The minimum Gasteiger partial charge on any atom is -0.338 e. The molecule has 1 fully saturated rings. The minimum absolute atomic E-state index is 0.302. The molecule has 0 aliphatic carbocycles. The predicted molar refractivity (Wildman–Crippen MR) is 50.4 cm³/mol. The molecule has 2 rings (SSSR count). The number of nitrogens with zero attached hydrogens (tertiary/aromatic N) is 2. The molecular weight excluding hydrogens is 166 g/mol. The summed E-state index contributed by atoms with van der Waals surface area (Å²) >= 11 is 0. The van der Waals surface area contributed by atoms with Gasteiger partial charge in [-0.25, -0.2) is 0 Å². The molecule has 0 bridgehead atoms. The first-order chi connectivity index (χ1) is 6.36. The van der Waals surface area contributed by atoms with E-state index in [1.54, 1.807) is 0 Å². The number of rotatable bonds is 1. The fraction of sp³-hybridized carbons (Fsp3) is 0.778. The van der Waals surface area contributed by atoms with Crippen LogP contribution in [0.25, 0.3) is 0 Å². The second-order valence-electron chi connectivity index (χ2n) is 2.83. The standard InChI is InChI=1S/C7H11N3O.C2H6/c1-5-9-7(11-10-5)6-3-2-4-8-6;1-2/h6,8H,2-4H2,1H3;1-2H3. The number of aromatic nitrogens is 2. The van der Waals surface area contributed by atoms with Crippen LogP contribution in [-0.2, 0) is 0 Å². The van der Waals surface area contributed by atoms with Crippen LogP contribution in [-0.4, -0.2) is 16.7 Å². The molecule has 0 aromatic carbocycles. The van der Waals surface area contributed by atoms with Crippen molar-refractivity contribution in [3.8, 4) is 0 Å². The van der Waals surface area contributed by atoms with Gasteiger partial charge in [0.1, 0.15) is 0 Å². The quantitative estimate of drug-likeness (QED) is 0.721. The summed E-state index contributed by atoms with van der Waals surface area (Å²) in [5, 5.41) is 7.03. The first kappa shape index (κ1) is 10.2. The Kier molecular flexibility index (Phi) is 3.89. The van der Waals surface area contributed by atoms with Crippen molar-refractivity contribution in [3.05, 3.63) is 11.7 Å². The second kappa shape index (κ2) is 4.97. The van der Waals surface area contributed by atoms with Gasteiger partial charge < -0.3 is 9.84 Å². The van der Waals surface area contributed by atoms with E-state index in [0.717, 1.165) is 18.9 Å². The predicted octanol–water partition coefficient (Wildman–Crippen LogP) is 1.83. The largest absolute Gasteiger partial charge is 0.338 e. The van der Waals surface area contributed by atoms with Gasteiger partial charge in [-0.05, 0) is 26.3 Å². The lowest BCUT2D eigenvalue weighted by molar-refractivity contribution is 0.342. The van der Waals surface area contributed by atoms with Crippen molar-refractivity contribution in [2.75, 3.05) is 6.54 Å². The van der Waals surface area contributed by atoms with Gasteiger partial charge >= 0.3 is 0 Å². The van der Waals surface area contributed by atoms with Crippen LogP contribution in [0.1, 0.15) is 44.4 Å². The summed E-state index contributed by atoms with van der Waals surface area (Å²) in [5.74, 6) is 1.45. The fourth-order valence-electron chi connectivity index (χ4n) is 1.35. The molecule has 0 spiro atoms. The van der Waals surface area contributed by atoms with Gasteiger partial charge in [0.05, 0.1) is 6.04 Å². The van der Waals surface area contributed by atoms with Crippen molar-refractivity contribution in [3.63, 3.8) is 0 Å². The Balaban J connectivity index is 0.000000396. The van der Waals surface area contributed by atoms with Crippen molar-refractivity contribution in [1.29, 1.82) is 0 Å². The Morgan fingerprint density at radius 3 is 2.69 bits per heavy atom. The zero-order valence-electron chi connectivity index (χ0n) is 8.50. The van der Waals surface area contributed by atoms with E-state index >= 15 is 0 Å². The monoisotopic (exact) mass is 183 g/mol. The Labute approximate surface area is 78.7 Å². The Bertz CT molecular complexity index is 241. The van der Waals surface area contributed by atoms with Gasteiger partial charge in [0, 0.05) is 0 Å². The number of hydrogen-bond acceptors (Lipinski definition) is 4. The first-order valence-electron chi connectivity index (χ1n) is 4.90. The molecule has 1 aromatic rings. The van der Waals surface area contributed by atoms with Crippen LogP contribution in [0.5, 0.6) is 0 Å². The van der Waals surface area contributed by atoms with Crippen LogP contribution in [0.2, 0.25) is 0 Å². The topological polar surface area (TPSA) is 51.0 Å². The Morgan fingerprint density at radius 1 is 1.46 bits per heavy atom. The van der Waals surface area contributed by atoms with E-state index in [1.807, 2.05) is 20.8 Å². The summed E-state index contributed by atoms with van der Waals surface area (Å²) < 4.78 is 5.02. The normalized spacial score (nSPS) is 21.0. The molecule has 0 amide bonds. The summed E-state index contributed by atoms with van der Waals surface area (Å²) in [5.41, 5.74) is 0. The second-order valence-corrected chi connectivity index (χ2v) is 2.83. The highest BCUT2D eigenvalue weighted by molar-refractivity contribution is 4.93. The van der Waals surface area contributed by atoms with Crippen molar-refractivity contribution in [1.82, 2.24) is 15.5 Å². The van der Waals surface area contributed by atoms with Gasteiger partial charge in [-0.3, -0.25) is 0 Å². The molecule has 1 aliphatic rings. The average molecular weight is 183 g/mol. The van der Waals surface area contributed by atoms with Gasteiger partial charge in [0.15, 0.2) is 5.82 Å². The zero-order chi connectivity index (χ0) is 9.68. The van der Waals surface area contributed by atoms with Crippen molar-refractivity contribution >= 4 is 0 Å². The van der Waals surface area contributed by atoms with Crippen LogP contribution in [0.15, 0.2) is 4.52 Å². The SMILES string of the molecule is CC.Cc1noc(C2CCCN2)n1. The molecule has 0 saturated carbocycles. The van der Waals surface area contributed by atoms with E-state index in [-0.39, 0.29) is 0 Å². The molecular formula is C9H17N3O. The van der Waals surface area contributed by atoms with E-state index in [9.17, 15) is 0 Å². The third-order valence-corrected chi connectivity index (χ3v) is 1.90. The van der Waals surface area contributed by atoms with Crippen LogP contribution in [0.3, 0.4) is 0 Å². The Hall–Kier alpha value is -0.900. The lowest BCUT2D eigenvalue weighted by atomic mass is 10.2. The molecule has 13 heavy (non-hydrogen) atoms. The first-order valence-corrected chi connectivity index (χ1v) is 4.90. The lowest BCUT2D eigenvalue weighted by Gasteiger charge is -2.00. The lowest BCUT2D eigenvalue weighted by Crippen LogP contribution is -2.12. The molecule has 1 saturated heterocycles. The number of nitrogens with one attached hydrogen (secondary N) is 1. The maximum absolute atomic E-state index is 5.02. The molecule has 1 unspecified atom stereocenters. The van der Waals surface area contributed by atoms with E-state index in [4.69, 9.17) is 4.52 Å². The summed E-state index contributed by atoms with van der Waals surface area (Å²) in [6.07, 6.45) is 2.31. The van der Waals surface area contributed by atoms with Gasteiger partial charge in [-0.15, -0.1) is 0 Å². The summed E-state index contributed by atoms with van der Waals surface area (Å²) in [4.78, 5) is 4.15. The van der Waals surface area contributed by atoms with Crippen LogP contribution in [0.4, 0.5) is 0 Å². The molecule has 1 aromatic heterocycles. The fourth-order valence-corrected chi connectivity index (χ4v) is 1.35. The van der Waals surface area contributed by atoms with Gasteiger partial charge in [0.2, 0.25) is 5.89 Å². The third-order valence-electron chi connectivity index (χ3n) is 1.90. The number of hydrogen-bond donors (Lipinski definition) is 1. The van der Waals surface area contributed by atoms with E-state index in [0.29, 0.717) is 11.9 Å². The van der Waals surface area contributed by atoms with Crippen molar-refractivity contribution < 1.29 is 4.52 Å². The maximum atomic E-state index is 5.02. The molecule has 1 atom stereocenters. The molecule has 2 heterocycles. The zero-order valence-corrected chi connectivity index (χ0v) is 8.50. The molecule has 4 heteroatoms. The van der Waals surface area contributed by atoms with Crippen molar-refractivity contribution in [2.45, 2.75) is 39.7 Å². The third kappa shape index (κ3) is 2.52. The molecule has 74 valence electrons.